The smallest absolute Gasteiger partial charge is 0.236 e. The molecule has 5 heteroatoms. The molecule has 0 saturated heterocycles. The SMILES string of the molecule is CC(=O)N(C1CC1)[C@@H]1CCCC[C@@H]1NC(=O)[C@H](C)N. The third-order valence-electron chi connectivity index (χ3n) is 4.13. The number of nitrogens with zero attached hydrogens (tertiary/aromatic N) is 1. The number of carbonyl (C=O) groups is 2. The van der Waals surface area contributed by atoms with Gasteiger partial charge in [0.05, 0.1) is 12.1 Å². The van der Waals surface area contributed by atoms with E-state index in [0.29, 0.717) is 6.04 Å². The van der Waals surface area contributed by atoms with Gasteiger partial charge in [0.2, 0.25) is 11.8 Å². The largest absolute Gasteiger partial charge is 0.350 e. The summed E-state index contributed by atoms with van der Waals surface area (Å²) in [5.74, 6) is 0.0191. The van der Waals surface area contributed by atoms with Crippen LogP contribution in [-0.2, 0) is 9.59 Å². The molecule has 0 aromatic heterocycles. The Labute approximate surface area is 114 Å². The van der Waals surface area contributed by atoms with Crippen molar-refractivity contribution in [3.8, 4) is 0 Å². The number of hydrogen-bond acceptors (Lipinski definition) is 3. The highest BCUT2D eigenvalue weighted by Gasteiger charge is 2.40. The zero-order valence-corrected chi connectivity index (χ0v) is 11.9. The maximum atomic E-state index is 11.9. The lowest BCUT2D eigenvalue weighted by Gasteiger charge is -2.40. The van der Waals surface area contributed by atoms with Gasteiger partial charge in [-0.15, -0.1) is 0 Å². The molecule has 3 atom stereocenters. The second kappa shape index (κ2) is 5.90. The second-order valence-corrected chi connectivity index (χ2v) is 5.91. The van der Waals surface area contributed by atoms with Gasteiger partial charge in [-0.1, -0.05) is 12.8 Å². The van der Waals surface area contributed by atoms with Crippen molar-refractivity contribution >= 4 is 11.8 Å². The molecule has 0 aliphatic heterocycles. The standard InChI is InChI=1S/C14H25N3O2/c1-9(15)14(19)16-12-5-3-4-6-13(12)17(10(2)18)11-7-8-11/h9,11-13H,3-8,15H2,1-2H3,(H,16,19)/t9-,12-,13+/m0/s1. The molecule has 0 unspecified atom stereocenters. The van der Waals surface area contributed by atoms with E-state index in [9.17, 15) is 9.59 Å². The first kappa shape index (κ1) is 14.3. The lowest BCUT2D eigenvalue weighted by atomic mass is 9.88. The first-order chi connectivity index (χ1) is 9.00. The van der Waals surface area contributed by atoms with Gasteiger partial charge < -0.3 is 16.0 Å². The second-order valence-electron chi connectivity index (χ2n) is 5.91. The van der Waals surface area contributed by atoms with Crippen LogP contribution in [-0.4, -0.2) is 40.9 Å². The first-order valence-corrected chi connectivity index (χ1v) is 7.35. The molecule has 3 N–H and O–H groups in total. The summed E-state index contributed by atoms with van der Waals surface area (Å²) in [6.07, 6.45) is 6.37. The van der Waals surface area contributed by atoms with Crippen molar-refractivity contribution in [3.63, 3.8) is 0 Å². The van der Waals surface area contributed by atoms with Crippen LogP contribution in [0.4, 0.5) is 0 Å². The molecule has 0 radical (unpaired) electrons. The number of carbonyl (C=O) groups excluding carboxylic acids is 2. The monoisotopic (exact) mass is 267 g/mol. The number of nitrogens with one attached hydrogen (secondary N) is 1. The molecule has 2 amide bonds. The normalized spacial score (nSPS) is 28.6. The van der Waals surface area contributed by atoms with E-state index in [1.807, 2.05) is 4.90 Å². The third-order valence-corrected chi connectivity index (χ3v) is 4.13. The third kappa shape index (κ3) is 3.47. The van der Waals surface area contributed by atoms with E-state index in [1.165, 1.54) is 0 Å². The Morgan fingerprint density at radius 3 is 2.37 bits per heavy atom. The van der Waals surface area contributed by atoms with Crippen molar-refractivity contribution in [2.24, 2.45) is 5.73 Å². The minimum atomic E-state index is -0.491. The summed E-state index contributed by atoms with van der Waals surface area (Å²) < 4.78 is 0. The molecule has 5 nitrogen and oxygen atoms in total. The Hall–Kier alpha value is -1.10. The molecule has 2 rings (SSSR count). The quantitative estimate of drug-likeness (QED) is 0.790. The van der Waals surface area contributed by atoms with Crippen LogP contribution in [0.15, 0.2) is 0 Å². The molecule has 0 aromatic carbocycles. The fraction of sp³-hybridized carbons (Fsp3) is 0.857. The first-order valence-electron chi connectivity index (χ1n) is 7.35. The van der Waals surface area contributed by atoms with Crippen LogP contribution in [0.25, 0.3) is 0 Å². The van der Waals surface area contributed by atoms with Crippen molar-refractivity contribution in [3.05, 3.63) is 0 Å². The van der Waals surface area contributed by atoms with Gasteiger partial charge in [0.1, 0.15) is 0 Å². The number of amides is 2. The maximum absolute atomic E-state index is 11.9. The van der Waals surface area contributed by atoms with Crippen LogP contribution in [0, 0.1) is 0 Å². The fourth-order valence-corrected chi connectivity index (χ4v) is 3.04. The molecule has 2 aliphatic rings. The van der Waals surface area contributed by atoms with Crippen LogP contribution in [0.1, 0.15) is 52.4 Å². The average Bonchev–Trinajstić information content (AvgIpc) is 3.15. The number of nitrogens with two attached hydrogens (primary N) is 1. The summed E-state index contributed by atoms with van der Waals surface area (Å²) in [6, 6.07) is 0.128. The van der Waals surface area contributed by atoms with Crippen molar-refractivity contribution in [1.29, 1.82) is 0 Å². The van der Waals surface area contributed by atoms with Gasteiger partial charge in [0, 0.05) is 19.0 Å². The van der Waals surface area contributed by atoms with E-state index < -0.39 is 6.04 Å². The van der Waals surface area contributed by atoms with Gasteiger partial charge in [0.15, 0.2) is 0 Å². The number of hydrogen-bond donors (Lipinski definition) is 2. The molecule has 0 bridgehead atoms. The van der Waals surface area contributed by atoms with E-state index in [1.54, 1.807) is 13.8 Å². The van der Waals surface area contributed by atoms with E-state index in [0.717, 1.165) is 38.5 Å². The lowest BCUT2D eigenvalue weighted by molar-refractivity contribution is -0.134. The summed E-state index contributed by atoms with van der Waals surface area (Å²) in [7, 11) is 0. The maximum Gasteiger partial charge on any atom is 0.236 e. The highest BCUT2D eigenvalue weighted by atomic mass is 16.2. The predicted octanol–water partition coefficient (Wildman–Crippen LogP) is 0.772. The molecule has 2 fully saturated rings. The molecule has 0 heterocycles. The zero-order chi connectivity index (χ0) is 14.0. The van der Waals surface area contributed by atoms with Crippen molar-refractivity contribution in [2.75, 3.05) is 0 Å². The van der Waals surface area contributed by atoms with Crippen LogP contribution in [0.5, 0.6) is 0 Å². The van der Waals surface area contributed by atoms with E-state index in [4.69, 9.17) is 5.73 Å². The summed E-state index contributed by atoms with van der Waals surface area (Å²) in [6.45, 7) is 3.33. The van der Waals surface area contributed by atoms with Gasteiger partial charge in [-0.05, 0) is 32.6 Å². The summed E-state index contributed by atoms with van der Waals surface area (Å²) in [4.78, 5) is 25.7. The minimum Gasteiger partial charge on any atom is -0.350 e. The van der Waals surface area contributed by atoms with Crippen LogP contribution >= 0.6 is 0 Å². The van der Waals surface area contributed by atoms with Gasteiger partial charge in [-0.2, -0.15) is 0 Å². The number of rotatable bonds is 4. The average molecular weight is 267 g/mol. The van der Waals surface area contributed by atoms with Crippen molar-refractivity contribution in [1.82, 2.24) is 10.2 Å². The van der Waals surface area contributed by atoms with Crippen LogP contribution in [0.2, 0.25) is 0 Å². The van der Waals surface area contributed by atoms with Gasteiger partial charge in [-0.25, -0.2) is 0 Å². The van der Waals surface area contributed by atoms with Crippen molar-refractivity contribution < 1.29 is 9.59 Å². The minimum absolute atomic E-state index is 0.0664. The fourth-order valence-electron chi connectivity index (χ4n) is 3.04. The Kier molecular flexibility index (Phi) is 4.45. The Balaban J connectivity index is 2.06. The van der Waals surface area contributed by atoms with Gasteiger partial charge in [0.25, 0.3) is 0 Å². The molecule has 19 heavy (non-hydrogen) atoms. The summed E-state index contributed by atoms with van der Waals surface area (Å²) in [5, 5.41) is 3.03. The van der Waals surface area contributed by atoms with Crippen molar-refractivity contribution in [2.45, 2.75) is 76.5 Å². The van der Waals surface area contributed by atoms with Crippen LogP contribution < -0.4 is 11.1 Å². The lowest BCUT2D eigenvalue weighted by Crippen LogP contribution is -2.57. The predicted molar refractivity (Wildman–Crippen MR) is 73.4 cm³/mol. The molecule has 108 valence electrons. The highest BCUT2D eigenvalue weighted by molar-refractivity contribution is 5.81. The molecule has 2 aliphatic carbocycles. The Morgan fingerprint density at radius 2 is 1.84 bits per heavy atom. The van der Waals surface area contributed by atoms with E-state index in [-0.39, 0.29) is 23.9 Å². The van der Waals surface area contributed by atoms with Gasteiger partial charge in [-0.3, -0.25) is 9.59 Å². The molecule has 0 spiro atoms. The molecular formula is C14H25N3O2. The Morgan fingerprint density at radius 1 is 1.21 bits per heavy atom. The molecule has 0 aromatic rings. The zero-order valence-electron chi connectivity index (χ0n) is 11.9. The van der Waals surface area contributed by atoms with Crippen LogP contribution in [0.3, 0.4) is 0 Å². The Bertz CT molecular complexity index is 353. The molecule has 2 saturated carbocycles. The summed E-state index contributed by atoms with van der Waals surface area (Å²) >= 11 is 0. The van der Waals surface area contributed by atoms with Gasteiger partial charge >= 0.3 is 0 Å². The van der Waals surface area contributed by atoms with E-state index >= 15 is 0 Å². The molecular weight excluding hydrogens is 242 g/mol. The van der Waals surface area contributed by atoms with E-state index in [2.05, 4.69) is 5.32 Å². The summed E-state index contributed by atoms with van der Waals surface area (Å²) in [5.41, 5.74) is 5.61. The topological polar surface area (TPSA) is 75.4 Å². The highest BCUT2D eigenvalue weighted by Crippen LogP contribution is 2.33.